The molecule has 1 amide bonds. The zero-order chi connectivity index (χ0) is 28.4. The summed E-state index contributed by atoms with van der Waals surface area (Å²) in [6.45, 7) is 9.07. The summed E-state index contributed by atoms with van der Waals surface area (Å²) < 4.78 is 32.4. The van der Waals surface area contributed by atoms with Crippen LogP contribution in [0.3, 0.4) is 0 Å². The molecular weight excluding hydrogens is 519 g/mol. The number of amides is 1. The normalized spacial score (nSPS) is 16.2. The summed E-state index contributed by atoms with van der Waals surface area (Å²) in [4.78, 5) is 34.3. The van der Waals surface area contributed by atoms with E-state index in [4.69, 9.17) is 14.2 Å². The van der Waals surface area contributed by atoms with E-state index in [0.717, 1.165) is 6.07 Å². The van der Waals surface area contributed by atoms with Gasteiger partial charge in [-0.05, 0) is 51.8 Å². The molecule has 10 nitrogen and oxygen atoms in total. The highest BCUT2D eigenvalue weighted by atomic mass is 19.1. The Labute approximate surface area is 231 Å². The van der Waals surface area contributed by atoms with Crippen molar-refractivity contribution in [3.63, 3.8) is 0 Å². The molecule has 0 aliphatic carbocycles. The van der Waals surface area contributed by atoms with E-state index in [9.17, 15) is 19.1 Å². The first kappa shape index (κ1) is 27.7. The molecule has 2 aromatic heterocycles. The number of carbonyl (C=O) groups excluding carboxylic acids is 1. The molecule has 1 aromatic carbocycles. The molecule has 11 heteroatoms. The lowest BCUT2D eigenvalue weighted by Crippen LogP contribution is -2.49. The van der Waals surface area contributed by atoms with E-state index in [1.54, 1.807) is 11.1 Å². The number of nitrogens with zero attached hydrogens (tertiary/aromatic N) is 4. The van der Waals surface area contributed by atoms with E-state index in [1.165, 1.54) is 22.8 Å². The van der Waals surface area contributed by atoms with E-state index in [0.29, 0.717) is 80.3 Å². The van der Waals surface area contributed by atoms with Crippen LogP contribution in [0.25, 0.3) is 10.9 Å². The van der Waals surface area contributed by atoms with Crippen LogP contribution in [0.5, 0.6) is 17.2 Å². The van der Waals surface area contributed by atoms with Crippen molar-refractivity contribution in [2.45, 2.75) is 58.3 Å². The van der Waals surface area contributed by atoms with E-state index >= 15 is 0 Å². The van der Waals surface area contributed by atoms with Gasteiger partial charge in [0.25, 0.3) is 5.56 Å². The molecule has 214 valence electrons. The highest BCUT2D eigenvalue weighted by Crippen LogP contribution is 2.31. The van der Waals surface area contributed by atoms with Crippen LogP contribution >= 0.6 is 0 Å². The number of aromatic nitrogens is 2. The fraction of sp³-hybridized carbons (Fsp3) is 0.483. The van der Waals surface area contributed by atoms with Gasteiger partial charge >= 0.3 is 6.09 Å². The van der Waals surface area contributed by atoms with Crippen molar-refractivity contribution in [1.82, 2.24) is 19.4 Å². The second-order valence-corrected chi connectivity index (χ2v) is 11.2. The number of hydrogen-bond acceptors (Lipinski definition) is 8. The zero-order valence-electron chi connectivity index (χ0n) is 23.1. The summed E-state index contributed by atoms with van der Waals surface area (Å²) in [5.74, 6) is 0.580. The Balaban J connectivity index is 1.26. The standard InChI is InChI=1S/C29H35FN4O6/c1-29(2,3)40-28(37)34(18-20-15-25-26(17-31-20)39-13-12-38-25)21-6-8-32(9-7-21)10-11-33-23-14-19(30)4-5-22(23)24(35)16-27(33)36/h4-5,14-17,21,35H,6-13,18H2,1-3H3. The molecule has 0 bridgehead atoms. The van der Waals surface area contributed by atoms with Crippen molar-refractivity contribution in [2.24, 2.45) is 0 Å². The number of fused-ring (bicyclic) bond motifs is 2. The first-order valence-corrected chi connectivity index (χ1v) is 13.6. The maximum absolute atomic E-state index is 13.9. The molecule has 0 radical (unpaired) electrons. The molecule has 1 saturated heterocycles. The molecule has 1 fully saturated rings. The Bertz CT molecular complexity index is 1440. The van der Waals surface area contributed by atoms with Crippen LogP contribution in [-0.4, -0.2) is 75.0 Å². The molecule has 40 heavy (non-hydrogen) atoms. The van der Waals surface area contributed by atoms with Gasteiger partial charge in [0.15, 0.2) is 11.5 Å². The molecule has 0 atom stereocenters. The van der Waals surface area contributed by atoms with Gasteiger partial charge in [-0.25, -0.2) is 9.18 Å². The quantitative estimate of drug-likeness (QED) is 0.489. The molecule has 0 spiro atoms. The van der Waals surface area contributed by atoms with Crippen LogP contribution < -0.4 is 15.0 Å². The van der Waals surface area contributed by atoms with Gasteiger partial charge in [0, 0.05) is 49.7 Å². The Hall–Kier alpha value is -3.86. The van der Waals surface area contributed by atoms with Gasteiger partial charge in [0.05, 0.1) is 24.0 Å². The number of likely N-dealkylation sites (tertiary alicyclic amines) is 1. The van der Waals surface area contributed by atoms with Crippen LogP contribution in [0, 0.1) is 5.82 Å². The van der Waals surface area contributed by atoms with Crippen molar-refractivity contribution >= 4 is 17.0 Å². The highest BCUT2D eigenvalue weighted by Gasteiger charge is 2.32. The number of aromatic hydroxyl groups is 1. The number of ether oxygens (including phenoxy) is 3. The van der Waals surface area contributed by atoms with Gasteiger partial charge in [-0.2, -0.15) is 0 Å². The summed E-state index contributed by atoms with van der Waals surface area (Å²) in [6, 6.07) is 6.92. The van der Waals surface area contributed by atoms with Crippen LogP contribution in [0.4, 0.5) is 9.18 Å². The van der Waals surface area contributed by atoms with E-state index in [1.807, 2.05) is 26.8 Å². The first-order valence-electron chi connectivity index (χ1n) is 13.6. The predicted molar refractivity (Wildman–Crippen MR) is 146 cm³/mol. The Morgan fingerprint density at radius 3 is 2.58 bits per heavy atom. The Kier molecular flexibility index (Phi) is 7.84. The smallest absolute Gasteiger partial charge is 0.410 e. The van der Waals surface area contributed by atoms with Crippen LogP contribution in [-0.2, 0) is 17.8 Å². The average Bonchev–Trinajstić information content (AvgIpc) is 2.91. The summed E-state index contributed by atoms with van der Waals surface area (Å²) in [5, 5.41) is 10.6. The number of pyridine rings is 2. The third-order valence-electron chi connectivity index (χ3n) is 7.14. The van der Waals surface area contributed by atoms with Crippen LogP contribution in [0.2, 0.25) is 0 Å². The fourth-order valence-corrected chi connectivity index (χ4v) is 5.18. The third-order valence-corrected chi connectivity index (χ3v) is 7.14. The van der Waals surface area contributed by atoms with Crippen molar-refractivity contribution < 1.29 is 28.5 Å². The minimum absolute atomic E-state index is 0.0626. The zero-order valence-corrected chi connectivity index (χ0v) is 23.1. The maximum Gasteiger partial charge on any atom is 0.410 e. The Morgan fingerprint density at radius 1 is 1.12 bits per heavy atom. The molecule has 3 aromatic rings. The lowest BCUT2D eigenvalue weighted by molar-refractivity contribution is 0.00529. The number of benzene rings is 1. The number of hydrogen-bond donors (Lipinski definition) is 1. The number of halogens is 1. The van der Waals surface area contributed by atoms with Crippen molar-refractivity contribution in [3.05, 3.63) is 58.4 Å². The largest absolute Gasteiger partial charge is 0.507 e. The minimum Gasteiger partial charge on any atom is -0.507 e. The maximum atomic E-state index is 13.9. The Morgan fingerprint density at radius 2 is 1.85 bits per heavy atom. The second-order valence-electron chi connectivity index (χ2n) is 11.2. The lowest BCUT2D eigenvalue weighted by atomic mass is 10.0. The van der Waals surface area contributed by atoms with Gasteiger partial charge < -0.3 is 28.8 Å². The molecule has 4 heterocycles. The van der Waals surface area contributed by atoms with E-state index < -0.39 is 17.5 Å². The molecule has 5 rings (SSSR count). The predicted octanol–water partition coefficient (Wildman–Crippen LogP) is 3.91. The number of rotatable bonds is 6. The van der Waals surface area contributed by atoms with E-state index in [-0.39, 0.29) is 23.9 Å². The number of carbonyl (C=O) groups is 1. The summed E-state index contributed by atoms with van der Waals surface area (Å²) in [6.07, 6.45) is 2.65. The van der Waals surface area contributed by atoms with Crippen molar-refractivity contribution in [1.29, 1.82) is 0 Å². The highest BCUT2D eigenvalue weighted by molar-refractivity contribution is 5.85. The van der Waals surface area contributed by atoms with Gasteiger partial charge in [0.1, 0.15) is 30.4 Å². The average molecular weight is 555 g/mol. The summed E-state index contributed by atoms with van der Waals surface area (Å²) in [7, 11) is 0. The van der Waals surface area contributed by atoms with E-state index in [2.05, 4.69) is 9.88 Å². The SMILES string of the molecule is CC(C)(C)OC(=O)N(Cc1cc2c(cn1)OCCO2)C1CCN(CCn2c(=O)cc(O)c3ccc(F)cc32)CC1. The second kappa shape index (κ2) is 11.3. The van der Waals surface area contributed by atoms with Gasteiger partial charge in [-0.3, -0.25) is 14.7 Å². The van der Waals surface area contributed by atoms with Crippen LogP contribution in [0.1, 0.15) is 39.3 Å². The number of piperidine rings is 1. The summed E-state index contributed by atoms with van der Waals surface area (Å²) >= 11 is 0. The monoisotopic (exact) mass is 554 g/mol. The minimum atomic E-state index is -0.643. The van der Waals surface area contributed by atoms with Gasteiger partial charge in [0.2, 0.25) is 0 Å². The molecule has 2 aliphatic rings. The molecule has 0 unspecified atom stereocenters. The van der Waals surface area contributed by atoms with Gasteiger partial charge in [-0.1, -0.05) is 0 Å². The topological polar surface area (TPSA) is 106 Å². The first-order chi connectivity index (χ1) is 19.1. The lowest BCUT2D eigenvalue weighted by Gasteiger charge is -2.39. The summed E-state index contributed by atoms with van der Waals surface area (Å²) in [5.41, 5.74) is 0.0235. The molecule has 2 aliphatic heterocycles. The molecular formula is C29H35FN4O6. The van der Waals surface area contributed by atoms with Crippen LogP contribution in [0.15, 0.2) is 41.3 Å². The third kappa shape index (κ3) is 6.30. The molecule has 1 N–H and O–H groups in total. The van der Waals surface area contributed by atoms with Crippen molar-refractivity contribution in [2.75, 3.05) is 32.8 Å². The molecule has 0 saturated carbocycles. The van der Waals surface area contributed by atoms with Crippen molar-refractivity contribution in [3.8, 4) is 17.2 Å². The van der Waals surface area contributed by atoms with Gasteiger partial charge in [-0.15, -0.1) is 0 Å². The fourth-order valence-electron chi connectivity index (χ4n) is 5.18.